The molecule has 0 atom stereocenters. The maximum atomic E-state index is 13.1. The van der Waals surface area contributed by atoms with Crippen LogP contribution in [0.1, 0.15) is 26.3 Å². The Labute approximate surface area is 203 Å². The number of aromatic carboxylic acids is 1. The summed E-state index contributed by atoms with van der Waals surface area (Å²) in [4.78, 5) is 24.2. The van der Waals surface area contributed by atoms with E-state index in [9.17, 15) is 23.1 Å². The topological polar surface area (TPSA) is 128 Å². The van der Waals surface area contributed by atoms with Gasteiger partial charge in [0, 0.05) is 22.1 Å². The number of hydrogen-bond donors (Lipinski definition) is 2. The maximum absolute atomic E-state index is 13.1. The van der Waals surface area contributed by atoms with E-state index in [0.29, 0.717) is 15.2 Å². The van der Waals surface area contributed by atoms with Crippen LogP contribution in [0.3, 0.4) is 0 Å². The van der Waals surface area contributed by atoms with Gasteiger partial charge in [-0.3, -0.25) is 9.10 Å². The lowest BCUT2D eigenvalue weighted by molar-refractivity contribution is 0.0698. The number of carboxylic acids is 1. The fourth-order valence-electron chi connectivity index (χ4n) is 2.88. The SMILES string of the molecule is CN(c1ccc(Cl)cc1)S(=O)(=O)c1cc(Br)cc(C(=O)Nc2ccc(C#N)cc2C(=O)O)c1. The highest BCUT2D eigenvalue weighted by Crippen LogP contribution is 2.27. The molecule has 3 rings (SSSR count). The fraction of sp³-hybridized carbons (Fsp3) is 0.0455. The van der Waals surface area contributed by atoms with Gasteiger partial charge in [-0.15, -0.1) is 0 Å². The number of rotatable bonds is 6. The summed E-state index contributed by atoms with van der Waals surface area (Å²) < 4.78 is 27.7. The number of nitrogens with zero attached hydrogens (tertiary/aromatic N) is 2. The summed E-state index contributed by atoms with van der Waals surface area (Å²) in [6.45, 7) is 0. The van der Waals surface area contributed by atoms with Crippen LogP contribution in [-0.2, 0) is 10.0 Å². The molecule has 0 saturated carbocycles. The Morgan fingerprint density at radius 2 is 1.76 bits per heavy atom. The third-order valence-corrected chi connectivity index (χ3v) is 7.08. The predicted molar refractivity (Wildman–Crippen MR) is 127 cm³/mol. The van der Waals surface area contributed by atoms with Gasteiger partial charge in [-0.05, 0) is 60.7 Å². The Morgan fingerprint density at radius 1 is 1.09 bits per heavy atom. The van der Waals surface area contributed by atoms with E-state index in [1.165, 1.54) is 37.4 Å². The molecule has 0 aliphatic heterocycles. The monoisotopic (exact) mass is 547 g/mol. The Balaban J connectivity index is 1.96. The first-order valence-electron chi connectivity index (χ1n) is 9.17. The Hall–Kier alpha value is -3.39. The largest absolute Gasteiger partial charge is 0.478 e. The second-order valence-corrected chi connectivity index (χ2v) is 10.1. The standard InChI is InChI=1S/C22H15BrClN3O5S/c1-27(17-5-3-16(24)4-6-17)33(31,32)18-10-14(9-15(23)11-18)21(28)26-20-7-2-13(12-25)8-19(20)22(29)30/h2-11H,1H3,(H,26,28)(H,29,30). The number of benzene rings is 3. The molecule has 33 heavy (non-hydrogen) atoms. The molecule has 2 N–H and O–H groups in total. The smallest absolute Gasteiger partial charge is 0.337 e. The van der Waals surface area contributed by atoms with Crippen LogP contribution in [0.4, 0.5) is 11.4 Å². The number of carbonyl (C=O) groups excluding carboxylic acids is 1. The molecule has 0 bridgehead atoms. The lowest BCUT2D eigenvalue weighted by Gasteiger charge is -2.20. The van der Waals surface area contributed by atoms with Gasteiger partial charge in [-0.25, -0.2) is 13.2 Å². The van der Waals surface area contributed by atoms with Gasteiger partial charge in [-0.1, -0.05) is 27.5 Å². The zero-order valence-corrected chi connectivity index (χ0v) is 20.1. The molecule has 1 amide bonds. The molecule has 168 valence electrons. The molecule has 0 fully saturated rings. The molecule has 3 aromatic carbocycles. The van der Waals surface area contributed by atoms with Gasteiger partial charge in [0.1, 0.15) is 0 Å². The van der Waals surface area contributed by atoms with Crippen LogP contribution >= 0.6 is 27.5 Å². The third kappa shape index (κ3) is 5.34. The van der Waals surface area contributed by atoms with E-state index in [2.05, 4.69) is 21.2 Å². The van der Waals surface area contributed by atoms with E-state index in [-0.39, 0.29) is 27.3 Å². The quantitative estimate of drug-likeness (QED) is 0.458. The van der Waals surface area contributed by atoms with E-state index in [4.69, 9.17) is 16.9 Å². The summed E-state index contributed by atoms with van der Waals surface area (Å²) in [5.74, 6) is -2.06. The fourth-order valence-corrected chi connectivity index (χ4v) is 4.92. The molecule has 0 unspecified atom stereocenters. The molecule has 0 aliphatic rings. The van der Waals surface area contributed by atoms with Gasteiger partial charge in [0.25, 0.3) is 15.9 Å². The van der Waals surface area contributed by atoms with Crippen molar-refractivity contribution in [1.82, 2.24) is 0 Å². The van der Waals surface area contributed by atoms with Crippen molar-refractivity contribution in [2.24, 2.45) is 0 Å². The number of anilines is 2. The highest BCUT2D eigenvalue weighted by atomic mass is 79.9. The zero-order chi connectivity index (χ0) is 24.3. The minimum atomic E-state index is -4.04. The summed E-state index contributed by atoms with van der Waals surface area (Å²) in [5.41, 5.74) is 0.163. The maximum Gasteiger partial charge on any atom is 0.337 e. The van der Waals surface area contributed by atoms with Crippen molar-refractivity contribution in [2.45, 2.75) is 4.90 Å². The van der Waals surface area contributed by atoms with Crippen molar-refractivity contribution in [3.8, 4) is 6.07 Å². The molecular formula is C22H15BrClN3O5S. The van der Waals surface area contributed by atoms with E-state index in [0.717, 1.165) is 10.4 Å². The predicted octanol–water partition coefficient (Wildman–Crippen LogP) is 4.75. The summed E-state index contributed by atoms with van der Waals surface area (Å²) in [6, 6.07) is 15.8. The molecule has 3 aromatic rings. The van der Waals surface area contributed by atoms with E-state index in [1.807, 2.05) is 6.07 Å². The number of nitriles is 1. The van der Waals surface area contributed by atoms with Crippen molar-refractivity contribution in [3.63, 3.8) is 0 Å². The molecule has 0 saturated heterocycles. The van der Waals surface area contributed by atoms with Crippen LogP contribution < -0.4 is 9.62 Å². The van der Waals surface area contributed by atoms with Gasteiger partial charge < -0.3 is 10.4 Å². The third-order valence-electron chi connectivity index (χ3n) is 4.61. The summed E-state index contributed by atoms with van der Waals surface area (Å²) in [5, 5.41) is 21.3. The lowest BCUT2D eigenvalue weighted by atomic mass is 10.1. The minimum absolute atomic E-state index is 0.0202. The zero-order valence-electron chi connectivity index (χ0n) is 16.9. The summed E-state index contributed by atoms with van der Waals surface area (Å²) in [7, 11) is -2.67. The van der Waals surface area contributed by atoms with Gasteiger partial charge in [0.15, 0.2) is 0 Å². The van der Waals surface area contributed by atoms with Crippen LogP contribution in [0.25, 0.3) is 0 Å². The number of halogens is 2. The van der Waals surface area contributed by atoms with Crippen LogP contribution in [0, 0.1) is 11.3 Å². The molecule has 8 nitrogen and oxygen atoms in total. The number of nitrogens with one attached hydrogen (secondary N) is 1. The number of carboxylic acid groups (broad SMARTS) is 1. The van der Waals surface area contributed by atoms with Gasteiger partial charge in [0.05, 0.1) is 33.5 Å². The van der Waals surface area contributed by atoms with Gasteiger partial charge in [0.2, 0.25) is 0 Å². The number of sulfonamides is 1. The summed E-state index contributed by atoms with van der Waals surface area (Å²) >= 11 is 9.09. The summed E-state index contributed by atoms with van der Waals surface area (Å²) in [6.07, 6.45) is 0. The molecule has 11 heteroatoms. The van der Waals surface area contributed by atoms with E-state index >= 15 is 0 Å². The van der Waals surface area contributed by atoms with Crippen molar-refractivity contribution in [3.05, 3.63) is 86.8 Å². The Bertz CT molecular complexity index is 1400. The minimum Gasteiger partial charge on any atom is -0.478 e. The van der Waals surface area contributed by atoms with Crippen LogP contribution in [0.15, 0.2) is 70.0 Å². The molecule has 0 radical (unpaired) electrons. The average molecular weight is 549 g/mol. The molecule has 0 aromatic heterocycles. The molecule has 0 spiro atoms. The Kier molecular flexibility index (Phi) is 7.07. The first-order chi connectivity index (χ1) is 15.5. The first-order valence-corrected chi connectivity index (χ1v) is 11.8. The number of amides is 1. The lowest BCUT2D eigenvalue weighted by Crippen LogP contribution is -2.27. The van der Waals surface area contributed by atoms with E-state index < -0.39 is 21.9 Å². The average Bonchev–Trinajstić information content (AvgIpc) is 2.78. The first kappa shape index (κ1) is 24.3. The van der Waals surface area contributed by atoms with Crippen molar-refractivity contribution >= 4 is 60.8 Å². The normalized spacial score (nSPS) is 10.8. The van der Waals surface area contributed by atoms with Gasteiger partial charge >= 0.3 is 5.97 Å². The van der Waals surface area contributed by atoms with Crippen LogP contribution in [-0.4, -0.2) is 32.4 Å². The van der Waals surface area contributed by atoms with Crippen molar-refractivity contribution in [1.29, 1.82) is 5.26 Å². The van der Waals surface area contributed by atoms with Crippen molar-refractivity contribution < 1.29 is 23.1 Å². The van der Waals surface area contributed by atoms with E-state index in [1.54, 1.807) is 24.3 Å². The second-order valence-electron chi connectivity index (χ2n) is 6.76. The highest BCUT2D eigenvalue weighted by molar-refractivity contribution is 9.10. The van der Waals surface area contributed by atoms with Crippen molar-refractivity contribution in [2.75, 3.05) is 16.7 Å². The highest BCUT2D eigenvalue weighted by Gasteiger charge is 2.24. The van der Waals surface area contributed by atoms with Crippen LogP contribution in [0.2, 0.25) is 5.02 Å². The second kappa shape index (κ2) is 9.62. The van der Waals surface area contributed by atoms with Gasteiger partial charge in [-0.2, -0.15) is 5.26 Å². The number of carbonyl (C=O) groups is 2. The molecule has 0 heterocycles. The number of hydrogen-bond acceptors (Lipinski definition) is 5. The Morgan fingerprint density at radius 3 is 2.36 bits per heavy atom. The molecule has 0 aliphatic carbocycles. The molecular weight excluding hydrogens is 534 g/mol. The van der Waals surface area contributed by atoms with Crippen LogP contribution in [0.5, 0.6) is 0 Å².